The molecule has 1 N–H and O–H groups in total. The summed E-state index contributed by atoms with van der Waals surface area (Å²) in [6.45, 7) is 9.24. The van der Waals surface area contributed by atoms with Gasteiger partial charge in [-0.25, -0.2) is 19.7 Å². The standard InChI is InChI=1S/C28H28N4O5S/c1-16-14-17(2)26(18(3)15-16)37-28-22(27(33)32-38(34,35)25-9-7-8-19(4)29-25)10-12-23(31-28)21-11-13-24(36-6)30-20(21)5/h7-15H,1-6H3,(H,32,33). The van der Waals surface area contributed by atoms with Gasteiger partial charge in [0.15, 0.2) is 5.03 Å². The summed E-state index contributed by atoms with van der Waals surface area (Å²) in [4.78, 5) is 26.3. The van der Waals surface area contributed by atoms with Crippen LogP contribution in [0.3, 0.4) is 0 Å². The first-order valence-electron chi connectivity index (χ1n) is 11.8. The maximum atomic E-state index is 13.3. The third kappa shape index (κ3) is 5.65. The maximum Gasteiger partial charge on any atom is 0.281 e. The Hall–Kier alpha value is -4.31. The van der Waals surface area contributed by atoms with Crippen LogP contribution in [0.1, 0.15) is 38.4 Å². The molecule has 1 amide bonds. The van der Waals surface area contributed by atoms with Crippen molar-refractivity contribution in [3.05, 3.63) is 88.2 Å². The second kappa shape index (κ2) is 10.6. The lowest BCUT2D eigenvalue weighted by Crippen LogP contribution is -2.31. The molecule has 0 bridgehead atoms. The Bertz CT molecular complexity index is 1630. The van der Waals surface area contributed by atoms with Crippen LogP contribution >= 0.6 is 0 Å². The fraction of sp³-hybridized carbons (Fsp3) is 0.214. The smallest absolute Gasteiger partial charge is 0.281 e. The highest BCUT2D eigenvalue weighted by Crippen LogP contribution is 2.33. The van der Waals surface area contributed by atoms with Crippen molar-refractivity contribution in [3.63, 3.8) is 0 Å². The molecule has 0 aliphatic rings. The lowest BCUT2D eigenvalue weighted by molar-refractivity contribution is 0.0978. The number of aromatic nitrogens is 3. The Morgan fingerprint density at radius 2 is 1.58 bits per heavy atom. The number of nitrogens with one attached hydrogen (secondary N) is 1. The van der Waals surface area contributed by atoms with Crippen LogP contribution in [0.4, 0.5) is 0 Å². The highest BCUT2D eigenvalue weighted by molar-refractivity contribution is 7.90. The van der Waals surface area contributed by atoms with E-state index < -0.39 is 15.9 Å². The number of nitrogens with zero attached hydrogens (tertiary/aromatic N) is 3. The van der Waals surface area contributed by atoms with E-state index in [1.807, 2.05) is 45.9 Å². The van der Waals surface area contributed by atoms with Crippen LogP contribution < -0.4 is 14.2 Å². The van der Waals surface area contributed by atoms with E-state index in [9.17, 15) is 13.2 Å². The molecule has 0 atom stereocenters. The van der Waals surface area contributed by atoms with Gasteiger partial charge >= 0.3 is 0 Å². The zero-order valence-corrected chi connectivity index (χ0v) is 22.8. The number of carbonyl (C=O) groups is 1. The minimum atomic E-state index is -4.24. The maximum absolute atomic E-state index is 13.3. The number of rotatable bonds is 7. The quantitative estimate of drug-likeness (QED) is 0.353. The number of sulfonamides is 1. The van der Waals surface area contributed by atoms with Crippen molar-refractivity contribution in [2.24, 2.45) is 0 Å². The van der Waals surface area contributed by atoms with Crippen molar-refractivity contribution < 1.29 is 22.7 Å². The summed E-state index contributed by atoms with van der Waals surface area (Å²) in [6.07, 6.45) is 0. The van der Waals surface area contributed by atoms with Crippen LogP contribution in [-0.2, 0) is 10.0 Å². The monoisotopic (exact) mass is 532 g/mol. The largest absolute Gasteiger partial charge is 0.481 e. The molecule has 9 nitrogen and oxygen atoms in total. The normalized spacial score (nSPS) is 11.2. The van der Waals surface area contributed by atoms with Gasteiger partial charge in [0.2, 0.25) is 11.8 Å². The molecule has 3 heterocycles. The molecule has 0 fully saturated rings. The molecule has 0 spiro atoms. The van der Waals surface area contributed by atoms with Crippen LogP contribution in [0, 0.1) is 34.6 Å². The Labute approximate surface area is 222 Å². The number of amides is 1. The highest BCUT2D eigenvalue weighted by atomic mass is 32.2. The van der Waals surface area contributed by atoms with Gasteiger partial charge in [0.1, 0.15) is 11.3 Å². The number of hydrogen-bond acceptors (Lipinski definition) is 8. The van der Waals surface area contributed by atoms with Gasteiger partial charge < -0.3 is 9.47 Å². The zero-order chi connectivity index (χ0) is 27.6. The SMILES string of the molecule is COc1ccc(-c2ccc(C(=O)NS(=O)(=O)c3cccc(C)n3)c(Oc3c(C)cc(C)cc3C)n2)c(C)n1. The number of aryl methyl sites for hydroxylation is 5. The fourth-order valence-corrected chi connectivity index (χ4v) is 5.07. The molecule has 4 rings (SSSR count). The lowest BCUT2D eigenvalue weighted by Gasteiger charge is -2.16. The van der Waals surface area contributed by atoms with E-state index in [0.29, 0.717) is 34.3 Å². The first kappa shape index (κ1) is 26.7. The Kier molecular flexibility index (Phi) is 7.45. The third-order valence-corrected chi connectivity index (χ3v) is 7.05. The minimum Gasteiger partial charge on any atom is -0.481 e. The molecule has 4 aromatic rings. The number of carbonyl (C=O) groups excluding carboxylic acids is 1. The van der Waals surface area contributed by atoms with Gasteiger partial charge in [-0.15, -0.1) is 0 Å². The molecule has 0 radical (unpaired) electrons. The van der Waals surface area contributed by atoms with Crippen molar-refractivity contribution in [1.29, 1.82) is 0 Å². The third-order valence-electron chi connectivity index (χ3n) is 5.82. The number of pyridine rings is 3. The van der Waals surface area contributed by atoms with E-state index in [-0.39, 0.29) is 16.5 Å². The lowest BCUT2D eigenvalue weighted by atomic mass is 10.1. The Balaban J connectivity index is 1.80. The summed E-state index contributed by atoms with van der Waals surface area (Å²) >= 11 is 0. The van der Waals surface area contributed by atoms with Crippen molar-refractivity contribution in [3.8, 4) is 28.8 Å². The van der Waals surface area contributed by atoms with Gasteiger partial charge in [-0.05, 0) is 76.1 Å². The summed E-state index contributed by atoms with van der Waals surface area (Å²) in [5, 5.41) is -0.261. The van der Waals surface area contributed by atoms with E-state index in [2.05, 4.69) is 19.7 Å². The van der Waals surface area contributed by atoms with Crippen molar-refractivity contribution in [2.75, 3.05) is 7.11 Å². The topological polar surface area (TPSA) is 120 Å². The van der Waals surface area contributed by atoms with Gasteiger partial charge in [-0.2, -0.15) is 8.42 Å². The molecule has 3 aromatic heterocycles. The summed E-state index contributed by atoms with van der Waals surface area (Å²) < 4.78 is 39.3. The van der Waals surface area contributed by atoms with E-state index in [1.54, 1.807) is 31.2 Å². The molecule has 0 unspecified atom stereocenters. The van der Waals surface area contributed by atoms with Gasteiger partial charge in [-0.3, -0.25) is 4.79 Å². The average Bonchev–Trinajstić information content (AvgIpc) is 2.85. The van der Waals surface area contributed by atoms with E-state index >= 15 is 0 Å². The molecule has 38 heavy (non-hydrogen) atoms. The number of benzene rings is 1. The van der Waals surface area contributed by atoms with Crippen LogP contribution in [0.5, 0.6) is 17.5 Å². The molecule has 0 saturated heterocycles. The van der Waals surface area contributed by atoms with Crippen LogP contribution in [0.2, 0.25) is 0 Å². The fourth-order valence-electron chi connectivity index (χ4n) is 4.08. The second-order valence-corrected chi connectivity index (χ2v) is 10.5. The van der Waals surface area contributed by atoms with Gasteiger partial charge in [-0.1, -0.05) is 23.8 Å². The van der Waals surface area contributed by atoms with E-state index in [0.717, 1.165) is 16.7 Å². The zero-order valence-electron chi connectivity index (χ0n) is 22.0. The highest BCUT2D eigenvalue weighted by Gasteiger charge is 2.25. The molecule has 0 aliphatic carbocycles. The van der Waals surface area contributed by atoms with Gasteiger partial charge in [0.05, 0.1) is 18.5 Å². The predicted octanol–water partition coefficient (Wildman–Crippen LogP) is 5.00. The number of ether oxygens (including phenoxy) is 2. The molecular weight excluding hydrogens is 504 g/mol. The van der Waals surface area contributed by atoms with Crippen molar-refractivity contribution in [1.82, 2.24) is 19.7 Å². The first-order valence-corrected chi connectivity index (χ1v) is 13.3. The molecule has 0 saturated carbocycles. The second-order valence-electron chi connectivity index (χ2n) is 8.92. The summed E-state index contributed by atoms with van der Waals surface area (Å²) in [5.41, 5.74) is 5.07. The molecule has 10 heteroatoms. The van der Waals surface area contributed by atoms with E-state index in [1.165, 1.54) is 19.2 Å². The molecule has 196 valence electrons. The molecular formula is C28H28N4O5S. The van der Waals surface area contributed by atoms with Crippen molar-refractivity contribution in [2.45, 2.75) is 39.6 Å². The number of methoxy groups -OCH3 is 1. The predicted molar refractivity (Wildman–Crippen MR) is 143 cm³/mol. The van der Waals surface area contributed by atoms with Crippen LogP contribution in [0.25, 0.3) is 11.3 Å². The Morgan fingerprint density at radius 3 is 2.21 bits per heavy atom. The van der Waals surface area contributed by atoms with Crippen molar-refractivity contribution >= 4 is 15.9 Å². The minimum absolute atomic E-state index is 0.0438. The van der Waals surface area contributed by atoms with Gasteiger partial charge in [0.25, 0.3) is 15.9 Å². The summed E-state index contributed by atoms with van der Waals surface area (Å²) in [5.74, 6) is 0.0497. The summed E-state index contributed by atoms with van der Waals surface area (Å²) in [6, 6.07) is 15.1. The van der Waals surface area contributed by atoms with Crippen LogP contribution in [0.15, 0.2) is 59.6 Å². The average molecular weight is 533 g/mol. The summed E-state index contributed by atoms with van der Waals surface area (Å²) in [7, 11) is -2.70. The number of hydrogen-bond donors (Lipinski definition) is 1. The van der Waals surface area contributed by atoms with E-state index in [4.69, 9.17) is 9.47 Å². The molecule has 0 aliphatic heterocycles. The Morgan fingerprint density at radius 1 is 0.868 bits per heavy atom. The molecule has 1 aromatic carbocycles. The van der Waals surface area contributed by atoms with Gasteiger partial charge in [0, 0.05) is 17.3 Å². The van der Waals surface area contributed by atoms with Crippen LogP contribution in [-0.4, -0.2) is 36.4 Å². The first-order chi connectivity index (χ1) is 18.0.